The average Bonchev–Trinajstić information content (AvgIpc) is 3.32. The Morgan fingerprint density at radius 1 is 0.515 bits per heavy atom. The van der Waals surface area contributed by atoms with E-state index in [1.165, 1.54) is 141 Å². The zero-order valence-corrected chi connectivity index (χ0v) is 42.4. The highest BCUT2D eigenvalue weighted by Gasteiger charge is 2.44. The van der Waals surface area contributed by atoms with Gasteiger partial charge in [-0.15, -0.1) is 0 Å². The molecule has 0 aromatic carbocycles. The maximum Gasteiger partial charge on any atom is 0.220 e. The van der Waals surface area contributed by atoms with E-state index < -0.39 is 49.5 Å². The summed E-state index contributed by atoms with van der Waals surface area (Å²) in [6.07, 6.45) is 55.8. The van der Waals surface area contributed by atoms with Gasteiger partial charge in [0.1, 0.15) is 24.4 Å². The Morgan fingerprint density at radius 3 is 1.41 bits per heavy atom. The second-order valence-electron chi connectivity index (χ2n) is 19.0. The average molecular weight is 930 g/mol. The van der Waals surface area contributed by atoms with Crippen LogP contribution in [0.4, 0.5) is 0 Å². The highest BCUT2D eigenvalue weighted by atomic mass is 16.7. The maximum absolute atomic E-state index is 13.0. The Morgan fingerprint density at radius 2 is 0.924 bits per heavy atom. The van der Waals surface area contributed by atoms with Crippen LogP contribution in [0.1, 0.15) is 239 Å². The highest BCUT2D eigenvalue weighted by Crippen LogP contribution is 2.23. The Hall–Kier alpha value is -2.11. The topological polar surface area (TPSA) is 149 Å². The van der Waals surface area contributed by atoms with E-state index in [-0.39, 0.29) is 12.5 Å². The molecule has 66 heavy (non-hydrogen) atoms. The monoisotopic (exact) mass is 930 g/mol. The third-order valence-electron chi connectivity index (χ3n) is 12.8. The van der Waals surface area contributed by atoms with Crippen LogP contribution in [0.15, 0.2) is 60.8 Å². The number of hydrogen-bond donors (Lipinski definition) is 6. The van der Waals surface area contributed by atoms with Crippen molar-refractivity contribution >= 4 is 5.91 Å². The van der Waals surface area contributed by atoms with Crippen LogP contribution in [-0.2, 0) is 14.3 Å². The minimum Gasteiger partial charge on any atom is -0.394 e. The number of nitrogens with one attached hydrogen (secondary N) is 1. The van der Waals surface area contributed by atoms with Gasteiger partial charge in [-0.3, -0.25) is 4.79 Å². The number of aliphatic hydroxyl groups excluding tert-OH is 5. The molecule has 0 saturated carbocycles. The van der Waals surface area contributed by atoms with Crippen LogP contribution in [-0.4, -0.2) is 87.5 Å². The summed E-state index contributed by atoms with van der Waals surface area (Å²) >= 11 is 0. The molecule has 0 radical (unpaired) electrons. The molecule has 0 bridgehead atoms. The standard InChI is InChI=1S/C57H103NO8/c1-3-5-7-9-11-13-15-17-19-20-21-22-23-24-25-26-27-28-29-30-31-32-33-34-36-38-40-42-44-46-51(60)50(49-65-57-56(64)55(63)54(62)52(48-59)66-57)58-53(61)47-45-43-41-39-37-35-18-16-14-12-10-8-6-4-2/h10,12,16,18,31-32,36,38,44,46,50-52,54-57,59-60,62-64H,3-9,11,13-15,17,19-30,33-35,37,39-43,45,47-49H2,1-2H3,(H,58,61)/b12-10-,18-16-,32-31+,38-36+,46-44+. The number of hydrogen-bond acceptors (Lipinski definition) is 8. The van der Waals surface area contributed by atoms with Crippen molar-refractivity contribution in [3.63, 3.8) is 0 Å². The summed E-state index contributed by atoms with van der Waals surface area (Å²) in [5.41, 5.74) is 0. The van der Waals surface area contributed by atoms with Crippen LogP contribution >= 0.6 is 0 Å². The molecule has 384 valence electrons. The quantitative estimate of drug-likeness (QED) is 0.0261. The lowest BCUT2D eigenvalue weighted by Gasteiger charge is -2.40. The van der Waals surface area contributed by atoms with Gasteiger partial charge >= 0.3 is 0 Å². The van der Waals surface area contributed by atoms with Crippen LogP contribution in [0, 0.1) is 0 Å². The summed E-state index contributed by atoms with van der Waals surface area (Å²) in [6, 6.07) is -0.837. The summed E-state index contributed by atoms with van der Waals surface area (Å²) in [4.78, 5) is 13.0. The van der Waals surface area contributed by atoms with Crippen molar-refractivity contribution in [3.8, 4) is 0 Å². The van der Waals surface area contributed by atoms with Gasteiger partial charge in [-0.05, 0) is 70.6 Å². The third-order valence-corrected chi connectivity index (χ3v) is 12.8. The molecule has 0 aromatic heterocycles. The van der Waals surface area contributed by atoms with E-state index in [1.54, 1.807) is 6.08 Å². The predicted molar refractivity (Wildman–Crippen MR) is 276 cm³/mol. The van der Waals surface area contributed by atoms with Gasteiger partial charge in [-0.1, -0.05) is 222 Å². The number of aliphatic hydroxyl groups is 5. The Balaban J connectivity index is 2.25. The molecule has 1 fully saturated rings. The molecule has 9 nitrogen and oxygen atoms in total. The van der Waals surface area contributed by atoms with Crippen molar-refractivity contribution in [3.05, 3.63) is 60.8 Å². The van der Waals surface area contributed by atoms with E-state index in [1.807, 2.05) is 6.08 Å². The van der Waals surface area contributed by atoms with Gasteiger partial charge in [0.05, 0.1) is 25.4 Å². The van der Waals surface area contributed by atoms with E-state index in [2.05, 4.69) is 67.8 Å². The molecule has 7 unspecified atom stereocenters. The van der Waals surface area contributed by atoms with Gasteiger partial charge in [-0.25, -0.2) is 0 Å². The molecule has 1 aliphatic heterocycles. The smallest absolute Gasteiger partial charge is 0.220 e. The number of unbranched alkanes of at least 4 members (excludes halogenated alkanes) is 28. The van der Waals surface area contributed by atoms with E-state index in [9.17, 15) is 30.3 Å². The van der Waals surface area contributed by atoms with Crippen molar-refractivity contribution in [1.82, 2.24) is 5.32 Å². The fourth-order valence-corrected chi connectivity index (χ4v) is 8.38. The lowest BCUT2D eigenvalue weighted by atomic mass is 9.99. The van der Waals surface area contributed by atoms with Gasteiger partial charge in [0, 0.05) is 6.42 Å². The third kappa shape index (κ3) is 36.0. The van der Waals surface area contributed by atoms with Crippen molar-refractivity contribution in [2.45, 2.75) is 281 Å². The van der Waals surface area contributed by atoms with Crippen molar-refractivity contribution < 1.29 is 39.8 Å². The maximum atomic E-state index is 13.0. The Labute approximate surface area is 405 Å². The first-order valence-corrected chi connectivity index (χ1v) is 27.5. The van der Waals surface area contributed by atoms with Gasteiger partial charge < -0.3 is 40.3 Å². The molecule has 6 N–H and O–H groups in total. The number of ether oxygens (including phenoxy) is 2. The first-order chi connectivity index (χ1) is 32.3. The normalized spacial score (nSPS) is 20.3. The SMILES string of the molecule is CCCC/C=C\C/C=C\CCCCCCCC(=O)NC(COC1OC(CO)C(O)C(O)C1O)C(O)/C=C/CC/C=C/CC/C=C/CCCCCCCCCCCCCCCCCCCCC. The second-order valence-corrected chi connectivity index (χ2v) is 19.0. The highest BCUT2D eigenvalue weighted by molar-refractivity contribution is 5.76. The number of rotatable bonds is 46. The van der Waals surface area contributed by atoms with Gasteiger partial charge in [0.15, 0.2) is 6.29 Å². The minimum atomic E-state index is -1.58. The molecule has 0 aromatic rings. The molecule has 1 rings (SSSR count). The number of amides is 1. The molecular weight excluding hydrogens is 827 g/mol. The van der Waals surface area contributed by atoms with Crippen LogP contribution in [0.5, 0.6) is 0 Å². The first-order valence-electron chi connectivity index (χ1n) is 27.5. The van der Waals surface area contributed by atoms with Crippen molar-refractivity contribution in [1.29, 1.82) is 0 Å². The van der Waals surface area contributed by atoms with E-state index >= 15 is 0 Å². The summed E-state index contributed by atoms with van der Waals surface area (Å²) in [6.45, 7) is 3.71. The molecule has 1 heterocycles. The number of carbonyl (C=O) groups excluding carboxylic acids is 1. The molecule has 9 heteroatoms. The largest absolute Gasteiger partial charge is 0.394 e. The van der Waals surface area contributed by atoms with Crippen LogP contribution < -0.4 is 5.32 Å². The van der Waals surface area contributed by atoms with Gasteiger partial charge in [0.25, 0.3) is 0 Å². The van der Waals surface area contributed by atoms with Crippen LogP contribution in [0.2, 0.25) is 0 Å². The minimum absolute atomic E-state index is 0.206. The Kier molecular flexibility index (Phi) is 43.7. The molecule has 1 amide bonds. The van der Waals surface area contributed by atoms with Crippen molar-refractivity contribution in [2.75, 3.05) is 13.2 Å². The van der Waals surface area contributed by atoms with Gasteiger partial charge in [-0.2, -0.15) is 0 Å². The zero-order chi connectivity index (χ0) is 48.0. The molecule has 7 atom stereocenters. The van der Waals surface area contributed by atoms with Crippen LogP contribution in [0.25, 0.3) is 0 Å². The van der Waals surface area contributed by atoms with Crippen LogP contribution in [0.3, 0.4) is 0 Å². The lowest BCUT2D eigenvalue weighted by Crippen LogP contribution is -2.60. The first kappa shape index (κ1) is 61.9. The number of allylic oxidation sites excluding steroid dienone is 9. The van der Waals surface area contributed by atoms with E-state index in [4.69, 9.17) is 9.47 Å². The summed E-state index contributed by atoms with van der Waals surface area (Å²) in [7, 11) is 0. The molecule has 1 aliphatic rings. The summed E-state index contributed by atoms with van der Waals surface area (Å²) < 4.78 is 11.2. The molecule has 1 saturated heterocycles. The second kappa shape index (κ2) is 46.6. The fourth-order valence-electron chi connectivity index (χ4n) is 8.38. The number of carbonyl (C=O) groups is 1. The van der Waals surface area contributed by atoms with E-state index in [0.717, 1.165) is 77.0 Å². The molecule has 0 aliphatic carbocycles. The summed E-state index contributed by atoms with van der Waals surface area (Å²) in [5, 5.41) is 54.3. The molecule has 0 spiro atoms. The predicted octanol–water partition coefficient (Wildman–Crippen LogP) is 13.1. The van der Waals surface area contributed by atoms with E-state index in [0.29, 0.717) is 6.42 Å². The Bertz CT molecular complexity index is 1220. The lowest BCUT2D eigenvalue weighted by molar-refractivity contribution is -0.302. The van der Waals surface area contributed by atoms with Crippen molar-refractivity contribution in [2.24, 2.45) is 0 Å². The molecular formula is C57H103NO8. The fraction of sp³-hybridized carbons (Fsp3) is 0.807. The summed E-state index contributed by atoms with van der Waals surface area (Å²) in [5.74, 6) is -0.206. The van der Waals surface area contributed by atoms with Gasteiger partial charge in [0.2, 0.25) is 5.91 Å². The zero-order valence-electron chi connectivity index (χ0n) is 42.4.